The summed E-state index contributed by atoms with van der Waals surface area (Å²) in [5, 5.41) is 9.72. The highest BCUT2D eigenvalue weighted by atomic mass is 35.5. The van der Waals surface area contributed by atoms with Crippen molar-refractivity contribution >= 4 is 30.0 Å². The second-order valence-corrected chi connectivity index (χ2v) is 7.12. The minimum Gasteiger partial charge on any atom is -0.356 e. The summed E-state index contributed by atoms with van der Waals surface area (Å²) in [5.74, 6) is 1.03. The topological polar surface area (TPSA) is 56.1 Å². The molecule has 0 aliphatic carbocycles. The lowest BCUT2D eigenvalue weighted by Crippen LogP contribution is -2.43. The molecule has 1 fully saturated rings. The van der Waals surface area contributed by atoms with Gasteiger partial charge in [0.2, 0.25) is 0 Å². The number of piperidine rings is 1. The zero-order chi connectivity index (χ0) is 17.6. The maximum Gasteiger partial charge on any atom is 0.189 e. The fourth-order valence-corrected chi connectivity index (χ4v) is 3.59. The molecule has 0 saturated carbocycles. The number of halogens is 1. The molecule has 26 heavy (non-hydrogen) atoms. The highest BCUT2D eigenvalue weighted by molar-refractivity contribution is 7.98. The van der Waals surface area contributed by atoms with Gasteiger partial charge in [-0.05, 0) is 49.9 Å². The van der Waals surface area contributed by atoms with E-state index in [1.165, 1.54) is 5.56 Å². The highest BCUT2D eigenvalue weighted by Crippen LogP contribution is 2.22. The van der Waals surface area contributed by atoms with Crippen molar-refractivity contribution in [1.82, 2.24) is 14.9 Å². The number of nitriles is 1. The molecule has 0 N–H and O–H groups in total. The molecule has 0 unspecified atom stereocenters. The lowest BCUT2D eigenvalue weighted by Gasteiger charge is -2.37. The van der Waals surface area contributed by atoms with Crippen LogP contribution in [0.15, 0.2) is 41.7 Å². The van der Waals surface area contributed by atoms with Crippen molar-refractivity contribution in [2.24, 2.45) is 0 Å². The Morgan fingerprint density at radius 2 is 1.92 bits per heavy atom. The molecule has 7 heteroatoms. The summed E-state index contributed by atoms with van der Waals surface area (Å²) in [6.07, 6.45) is 6.11. The highest BCUT2D eigenvalue weighted by Gasteiger charge is 2.23. The number of hydrogen-bond acceptors (Lipinski definition) is 6. The van der Waals surface area contributed by atoms with Gasteiger partial charge in [-0.2, -0.15) is 5.26 Å². The van der Waals surface area contributed by atoms with E-state index in [-0.39, 0.29) is 12.4 Å². The predicted octanol–water partition coefficient (Wildman–Crippen LogP) is 3.59. The number of hydrogen-bond donors (Lipinski definition) is 0. The average Bonchev–Trinajstić information content (AvgIpc) is 2.68. The summed E-state index contributed by atoms with van der Waals surface area (Å²) in [6.45, 7) is 2.96. The van der Waals surface area contributed by atoms with Crippen molar-refractivity contribution in [1.29, 1.82) is 5.26 Å². The summed E-state index contributed by atoms with van der Waals surface area (Å²) >= 11 is 1.58. The van der Waals surface area contributed by atoms with E-state index in [2.05, 4.69) is 45.0 Å². The van der Waals surface area contributed by atoms with Gasteiger partial charge in [0.05, 0.1) is 11.6 Å². The van der Waals surface area contributed by atoms with Crippen LogP contribution in [0.5, 0.6) is 0 Å². The number of thioether (sulfide) groups is 1. The standard InChI is InChI=1S/C19H23N5S.ClH/c1-23(14-16-5-3-15(13-20)4-6-16)17-8-11-24(12-9-17)18-7-10-21-19(22-18)25-2;/h3-7,10,17H,8-9,11-12,14H2,1-2H3;1H. The number of rotatable bonds is 5. The first-order valence-corrected chi connectivity index (χ1v) is 9.73. The van der Waals surface area contributed by atoms with Gasteiger partial charge in [0.15, 0.2) is 5.16 Å². The van der Waals surface area contributed by atoms with Crippen molar-refractivity contribution in [3.63, 3.8) is 0 Å². The van der Waals surface area contributed by atoms with E-state index >= 15 is 0 Å². The second-order valence-electron chi connectivity index (χ2n) is 6.34. The Kier molecular flexibility index (Phi) is 7.70. The predicted molar refractivity (Wildman–Crippen MR) is 109 cm³/mol. The quantitative estimate of drug-likeness (QED) is 0.575. The first-order valence-electron chi connectivity index (χ1n) is 8.51. The third-order valence-electron chi connectivity index (χ3n) is 4.73. The van der Waals surface area contributed by atoms with Crippen LogP contribution < -0.4 is 4.90 Å². The van der Waals surface area contributed by atoms with Crippen molar-refractivity contribution < 1.29 is 0 Å². The van der Waals surface area contributed by atoms with E-state index in [9.17, 15) is 0 Å². The van der Waals surface area contributed by atoms with Crippen LogP contribution in [0.2, 0.25) is 0 Å². The van der Waals surface area contributed by atoms with Crippen LogP contribution in [-0.4, -0.2) is 47.3 Å². The summed E-state index contributed by atoms with van der Waals surface area (Å²) in [6, 6.07) is 12.6. The van der Waals surface area contributed by atoms with Crippen LogP contribution in [0, 0.1) is 11.3 Å². The van der Waals surface area contributed by atoms with Crippen LogP contribution in [0.3, 0.4) is 0 Å². The van der Waals surface area contributed by atoms with Gasteiger partial charge < -0.3 is 4.90 Å². The SMILES string of the molecule is CSc1nccc(N2CCC(N(C)Cc3ccc(C#N)cc3)CC2)n1.Cl. The van der Waals surface area contributed by atoms with E-state index in [4.69, 9.17) is 5.26 Å². The number of nitrogens with zero attached hydrogens (tertiary/aromatic N) is 5. The molecule has 1 saturated heterocycles. The lowest BCUT2D eigenvalue weighted by atomic mass is 10.0. The Morgan fingerprint density at radius 1 is 1.23 bits per heavy atom. The Hall–Kier alpha value is -1.81. The third-order valence-corrected chi connectivity index (χ3v) is 5.29. The van der Waals surface area contributed by atoms with Crippen LogP contribution in [0.1, 0.15) is 24.0 Å². The molecule has 0 atom stereocenters. The van der Waals surface area contributed by atoms with Crippen LogP contribution >= 0.6 is 24.2 Å². The van der Waals surface area contributed by atoms with Crippen LogP contribution in [-0.2, 0) is 6.54 Å². The van der Waals surface area contributed by atoms with Gasteiger partial charge in [-0.15, -0.1) is 12.4 Å². The Bertz CT molecular complexity index is 738. The molecule has 138 valence electrons. The fraction of sp³-hybridized carbons (Fsp3) is 0.421. The minimum absolute atomic E-state index is 0. The molecular weight excluding hydrogens is 366 g/mol. The maximum atomic E-state index is 8.89. The molecule has 0 bridgehead atoms. The van der Waals surface area contributed by atoms with E-state index in [1.54, 1.807) is 11.8 Å². The van der Waals surface area contributed by atoms with Crippen molar-refractivity contribution in [3.05, 3.63) is 47.7 Å². The van der Waals surface area contributed by atoms with Crippen molar-refractivity contribution in [2.75, 3.05) is 31.3 Å². The number of anilines is 1. The first-order chi connectivity index (χ1) is 12.2. The molecule has 0 spiro atoms. The Balaban J connectivity index is 0.00000243. The average molecular weight is 390 g/mol. The van der Waals surface area contributed by atoms with Gasteiger partial charge in [0.1, 0.15) is 5.82 Å². The smallest absolute Gasteiger partial charge is 0.189 e. The summed E-state index contributed by atoms with van der Waals surface area (Å²) in [5.41, 5.74) is 1.97. The van der Waals surface area contributed by atoms with Gasteiger partial charge in [-0.3, -0.25) is 4.90 Å². The monoisotopic (exact) mass is 389 g/mol. The zero-order valence-corrected chi connectivity index (χ0v) is 16.8. The van der Waals surface area contributed by atoms with Gasteiger partial charge in [-0.25, -0.2) is 9.97 Å². The normalized spacial score (nSPS) is 14.8. The molecule has 3 rings (SSSR count). The molecule has 2 heterocycles. The Morgan fingerprint density at radius 3 is 2.54 bits per heavy atom. The van der Waals surface area contributed by atoms with E-state index in [0.717, 1.165) is 43.5 Å². The van der Waals surface area contributed by atoms with Crippen molar-refractivity contribution in [3.8, 4) is 6.07 Å². The second kappa shape index (κ2) is 9.77. The van der Waals surface area contributed by atoms with Gasteiger partial charge in [0, 0.05) is 31.9 Å². The number of aromatic nitrogens is 2. The molecule has 1 aromatic heterocycles. The third kappa shape index (κ3) is 5.10. The lowest BCUT2D eigenvalue weighted by molar-refractivity contribution is 0.200. The molecule has 0 amide bonds. The molecule has 5 nitrogen and oxygen atoms in total. The van der Waals surface area contributed by atoms with Gasteiger partial charge >= 0.3 is 0 Å². The molecule has 1 aromatic carbocycles. The minimum atomic E-state index is 0. The van der Waals surface area contributed by atoms with E-state index < -0.39 is 0 Å². The zero-order valence-electron chi connectivity index (χ0n) is 15.1. The van der Waals surface area contributed by atoms with Crippen LogP contribution in [0.4, 0.5) is 5.82 Å². The van der Waals surface area contributed by atoms with Gasteiger partial charge in [-0.1, -0.05) is 23.9 Å². The van der Waals surface area contributed by atoms with Gasteiger partial charge in [0.25, 0.3) is 0 Å². The summed E-state index contributed by atoms with van der Waals surface area (Å²) in [7, 11) is 2.19. The molecule has 1 aliphatic rings. The van der Waals surface area contributed by atoms with Crippen molar-refractivity contribution in [2.45, 2.75) is 30.6 Å². The first kappa shape index (κ1) is 20.5. The fourth-order valence-electron chi connectivity index (χ4n) is 3.24. The van der Waals surface area contributed by atoms with Crippen LogP contribution in [0.25, 0.3) is 0 Å². The number of benzene rings is 1. The summed E-state index contributed by atoms with van der Waals surface area (Å²) in [4.78, 5) is 13.6. The largest absolute Gasteiger partial charge is 0.356 e. The molecule has 2 aromatic rings. The summed E-state index contributed by atoms with van der Waals surface area (Å²) < 4.78 is 0. The van der Waals surface area contributed by atoms with E-state index in [1.807, 2.05) is 30.7 Å². The molecular formula is C19H24ClN5S. The van der Waals surface area contributed by atoms with E-state index in [0.29, 0.717) is 11.6 Å². The Labute approximate surface area is 165 Å². The maximum absolute atomic E-state index is 8.89. The molecule has 0 radical (unpaired) electrons. The molecule has 1 aliphatic heterocycles.